The Hall–Kier alpha value is -1.32. The van der Waals surface area contributed by atoms with Crippen molar-refractivity contribution in [1.29, 1.82) is 0 Å². The molecule has 2 amide bonds. The summed E-state index contributed by atoms with van der Waals surface area (Å²) in [4.78, 5) is 23.6. The number of carbonyl (C=O) groups is 2. The molecular formula is C15H26N2O2. The molecule has 0 heterocycles. The van der Waals surface area contributed by atoms with E-state index in [2.05, 4.69) is 30.6 Å². The molecule has 1 aliphatic carbocycles. The van der Waals surface area contributed by atoms with Gasteiger partial charge in [0.1, 0.15) is 0 Å². The number of hydrogen-bond donors (Lipinski definition) is 2. The second-order valence-corrected chi connectivity index (χ2v) is 6.51. The zero-order chi connectivity index (χ0) is 14.8. The van der Waals surface area contributed by atoms with Crippen LogP contribution in [-0.4, -0.2) is 24.4 Å². The van der Waals surface area contributed by atoms with Gasteiger partial charge in [-0.15, -0.1) is 0 Å². The fourth-order valence-corrected chi connectivity index (χ4v) is 2.50. The van der Waals surface area contributed by atoms with Crippen LogP contribution >= 0.6 is 0 Å². The van der Waals surface area contributed by atoms with E-state index in [9.17, 15) is 9.59 Å². The topological polar surface area (TPSA) is 58.2 Å². The van der Waals surface area contributed by atoms with Crippen LogP contribution < -0.4 is 10.6 Å². The maximum Gasteiger partial charge on any atom is 0.239 e. The molecule has 108 valence electrons. The van der Waals surface area contributed by atoms with Crippen molar-refractivity contribution < 1.29 is 9.59 Å². The first-order valence-electron chi connectivity index (χ1n) is 6.88. The summed E-state index contributed by atoms with van der Waals surface area (Å²) in [6, 6.07) is 0.0974. The lowest BCUT2D eigenvalue weighted by molar-refractivity contribution is -0.127. The van der Waals surface area contributed by atoms with Crippen LogP contribution in [0, 0.1) is 17.3 Å². The molecule has 4 heteroatoms. The van der Waals surface area contributed by atoms with Crippen molar-refractivity contribution >= 4 is 11.8 Å². The lowest BCUT2D eigenvalue weighted by Crippen LogP contribution is -2.40. The van der Waals surface area contributed by atoms with Crippen molar-refractivity contribution in [3.8, 4) is 0 Å². The molecule has 1 rings (SSSR count). The summed E-state index contributed by atoms with van der Waals surface area (Å²) in [5, 5.41) is 5.48. The summed E-state index contributed by atoms with van der Waals surface area (Å²) < 4.78 is 0. The molecule has 0 radical (unpaired) electrons. The van der Waals surface area contributed by atoms with Crippen LogP contribution in [0.4, 0.5) is 0 Å². The highest BCUT2D eigenvalue weighted by molar-refractivity contribution is 5.88. The van der Waals surface area contributed by atoms with E-state index in [0.29, 0.717) is 0 Å². The smallest absolute Gasteiger partial charge is 0.239 e. The lowest BCUT2D eigenvalue weighted by Gasteiger charge is -2.09. The predicted octanol–water partition coefficient (Wildman–Crippen LogP) is 1.87. The molecule has 0 spiro atoms. The highest BCUT2D eigenvalue weighted by Gasteiger charge is 2.60. The van der Waals surface area contributed by atoms with E-state index < -0.39 is 0 Å². The summed E-state index contributed by atoms with van der Waals surface area (Å²) in [5.74, 6) is 0.104. The van der Waals surface area contributed by atoms with Crippen LogP contribution in [0.3, 0.4) is 0 Å². The van der Waals surface area contributed by atoms with E-state index in [4.69, 9.17) is 0 Å². The third kappa shape index (κ3) is 4.08. The molecule has 2 unspecified atom stereocenters. The second-order valence-electron chi connectivity index (χ2n) is 6.51. The number of hydrogen-bond acceptors (Lipinski definition) is 2. The third-order valence-electron chi connectivity index (χ3n) is 3.58. The van der Waals surface area contributed by atoms with Crippen molar-refractivity contribution in [1.82, 2.24) is 10.6 Å². The van der Waals surface area contributed by atoms with Crippen LogP contribution in [0.1, 0.15) is 41.5 Å². The minimum Gasteiger partial charge on any atom is -0.352 e. The molecule has 0 aromatic carbocycles. The molecule has 2 atom stereocenters. The molecule has 1 saturated carbocycles. The molecule has 0 aromatic heterocycles. The SMILES string of the molecule is CC(C)=CC1C(C(=O)NCC(=O)NC(C)C)C1(C)C. The quantitative estimate of drug-likeness (QED) is 0.746. The first kappa shape index (κ1) is 15.7. The molecule has 4 nitrogen and oxygen atoms in total. The normalized spacial score (nSPS) is 23.7. The fourth-order valence-electron chi connectivity index (χ4n) is 2.50. The number of amides is 2. The molecule has 0 bridgehead atoms. The van der Waals surface area contributed by atoms with Crippen LogP contribution in [0.5, 0.6) is 0 Å². The molecule has 1 aliphatic rings. The van der Waals surface area contributed by atoms with Crippen molar-refractivity contribution in [3.05, 3.63) is 11.6 Å². The monoisotopic (exact) mass is 266 g/mol. The van der Waals surface area contributed by atoms with Gasteiger partial charge >= 0.3 is 0 Å². The van der Waals surface area contributed by atoms with E-state index in [1.54, 1.807) is 0 Å². The Morgan fingerprint density at radius 3 is 2.32 bits per heavy atom. The fraction of sp³-hybridized carbons (Fsp3) is 0.733. The summed E-state index contributed by atoms with van der Waals surface area (Å²) in [6.45, 7) is 12.1. The lowest BCUT2D eigenvalue weighted by atomic mass is 10.1. The average molecular weight is 266 g/mol. The summed E-state index contributed by atoms with van der Waals surface area (Å²) in [5.41, 5.74) is 1.22. The average Bonchev–Trinajstić information content (AvgIpc) is 2.75. The van der Waals surface area contributed by atoms with Gasteiger partial charge in [0.15, 0.2) is 0 Å². The first-order valence-corrected chi connectivity index (χ1v) is 6.88. The highest BCUT2D eigenvalue weighted by Crippen LogP contribution is 2.59. The molecule has 0 saturated heterocycles. The van der Waals surface area contributed by atoms with Gasteiger partial charge in [-0.3, -0.25) is 9.59 Å². The third-order valence-corrected chi connectivity index (χ3v) is 3.58. The zero-order valence-corrected chi connectivity index (χ0v) is 12.8. The Kier molecular flexibility index (Phi) is 4.77. The standard InChI is InChI=1S/C15H26N2O2/c1-9(2)7-11-13(15(11,5)6)14(19)16-8-12(18)17-10(3)4/h7,10-11,13H,8H2,1-6H3,(H,16,19)(H,17,18). The Labute approximate surface area is 116 Å². The molecular weight excluding hydrogens is 240 g/mol. The number of rotatable bonds is 5. The van der Waals surface area contributed by atoms with E-state index in [-0.39, 0.29) is 41.7 Å². The molecule has 0 aliphatic heterocycles. The molecule has 19 heavy (non-hydrogen) atoms. The molecule has 0 aromatic rings. The number of nitrogens with one attached hydrogen (secondary N) is 2. The number of allylic oxidation sites excluding steroid dienone is 2. The predicted molar refractivity (Wildman–Crippen MR) is 76.5 cm³/mol. The maximum atomic E-state index is 12.1. The van der Waals surface area contributed by atoms with Gasteiger partial charge in [0, 0.05) is 6.04 Å². The first-order chi connectivity index (χ1) is 8.66. The van der Waals surface area contributed by atoms with Gasteiger partial charge in [0.25, 0.3) is 0 Å². The Morgan fingerprint density at radius 1 is 1.26 bits per heavy atom. The van der Waals surface area contributed by atoms with Gasteiger partial charge < -0.3 is 10.6 Å². The largest absolute Gasteiger partial charge is 0.352 e. The molecule has 2 N–H and O–H groups in total. The van der Waals surface area contributed by atoms with E-state index >= 15 is 0 Å². The van der Waals surface area contributed by atoms with Gasteiger partial charge in [-0.05, 0) is 39.0 Å². The van der Waals surface area contributed by atoms with Gasteiger partial charge in [0.2, 0.25) is 11.8 Å². The van der Waals surface area contributed by atoms with Crippen LogP contribution in [-0.2, 0) is 9.59 Å². The summed E-state index contributed by atoms with van der Waals surface area (Å²) in [6.07, 6.45) is 2.15. The Bertz CT molecular complexity index is 393. The van der Waals surface area contributed by atoms with Crippen molar-refractivity contribution in [3.63, 3.8) is 0 Å². The van der Waals surface area contributed by atoms with E-state index in [0.717, 1.165) is 0 Å². The van der Waals surface area contributed by atoms with Crippen molar-refractivity contribution in [2.24, 2.45) is 17.3 Å². The summed E-state index contributed by atoms with van der Waals surface area (Å²) >= 11 is 0. The number of carbonyl (C=O) groups excluding carboxylic acids is 2. The summed E-state index contributed by atoms with van der Waals surface area (Å²) in [7, 11) is 0. The van der Waals surface area contributed by atoms with Gasteiger partial charge in [-0.1, -0.05) is 25.5 Å². The van der Waals surface area contributed by atoms with Crippen LogP contribution in [0.2, 0.25) is 0 Å². The minimum atomic E-state index is -0.138. The van der Waals surface area contributed by atoms with Gasteiger partial charge in [0.05, 0.1) is 12.5 Å². The highest BCUT2D eigenvalue weighted by atomic mass is 16.2. The zero-order valence-electron chi connectivity index (χ0n) is 12.8. The Morgan fingerprint density at radius 2 is 1.84 bits per heavy atom. The minimum absolute atomic E-state index is 0.00409. The van der Waals surface area contributed by atoms with Crippen molar-refractivity contribution in [2.45, 2.75) is 47.6 Å². The van der Waals surface area contributed by atoms with E-state index in [1.807, 2.05) is 27.7 Å². The van der Waals surface area contributed by atoms with Gasteiger partial charge in [-0.2, -0.15) is 0 Å². The Balaban J connectivity index is 2.48. The maximum absolute atomic E-state index is 12.1. The molecule has 1 fully saturated rings. The van der Waals surface area contributed by atoms with E-state index in [1.165, 1.54) is 5.57 Å². The second kappa shape index (κ2) is 5.76. The van der Waals surface area contributed by atoms with Crippen LogP contribution in [0.25, 0.3) is 0 Å². The van der Waals surface area contributed by atoms with Gasteiger partial charge in [-0.25, -0.2) is 0 Å². The van der Waals surface area contributed by atoms with Crippen LogP contribution in [0.15, 0.2) is 11.6 Å². The van der Waals surface area contributed by atoms with Crippen molar-refractivity contribution in [2.75, 3.05) is 6.54 Å².